The molecule has 0 aromatic carbocycles. The van der Waals surface area contributed by atoms with E-state index in [4.69, 9.17) is 10.5 Å². The number of aliphatic carboxylic acids is 1. The van der Waals surface area contributed by atoms with Crippen molar-refractivity contribution < 1.29 is 28.8 Å². The fourth-order valence-corrected chi connectivity index (χ4v) is 7.00. The number of nitrogens with two attached hydrogens (primary N) is 1. The zero-order valence-electron chi connectivity index (χ0n) is 18.0. The van der Waals surface area contributed by atoms with Crippen LogP contribution in [0.25, 0.3) is 0 Å². The summed E-state index contributed by atoms with van der Waals surface area (Å²) in [5, 5.41) is 21.6. The van der Waals surface area contributed by atoms with Gasteiger partial charge in [-0.15, -0.1) is 16.4 Å². The van der Waals surface area contributed by atoms with Crippen molar-refractivity contribution in [3.8, 4) is 0 Å². The molecule has 2 aliphatic heterocycles. The van der Waals surface area contributed by atoms with Crippen molar-refractivity contribution in [1.29, 1.82) is 0 Å². The van der Waals surface area contributed by atoms with Crippen LogP contribution in [-0.2, 0) is 36.7 Å². The zero-order valence-corrected chi connectivity index (χ0v) is 20.5. The molecule has 4 rings (SSSR count). The Labute approximate surface area is 233 Å². The maximum atomic E-state index is 13.2. The molecule has 0 spiro atoms. The number of carbonyl (C=O) groups excluding carboxylic acids is 2. The number of methoxy groups -OCH3 is 1. The van der Waals surface area contributed by atoms with E-state index >= 15 is 0 Å². The van der Waals surface area contributed by atoms with Crippen LogP contribution >= 0.6 is 23.1 Å². The van der Waals surface area contributed by atoms with E-state index in [2.05, 4.69) is 20.5 Å². The molecule has 0 bridgehead atoms. The zero-order chi connectivity index (χ0) is 24.6. The van der Waals surface area contributed by atoms with Gasteiger partial charge in [-0.2, -0.15) is 5.10 Å². The molecule has 3 atom stereocenters. The Morgan fingerprint density at radius 1 is 1.46 bits per heavy atom. The SMILES string of the molecule is CO[C@@]1(NC(=O)Cc2csc(N)n2)C(=O)N2C(C(=O)O)=C(CSc3ccc(C)nn3)C[S+]([O-])[C@@H]21.[NaH]. The number of fused-ring (bicyclic) bond motifs is 1. The van der Waals surface area contributed by atoms with Crippen molar-refractivity contribution in [2.24, 2.45) is 0 Å². The topological polar surface area (TPSA) is 184 Å². The van der Waals surface area contributed by atoms with Gasteiger partial charge >= 0.3 is 35.5 Å². The minimum absolute atomic E-state index is 0. The molecule has 12 nitrogen and oxygen atoms in total. The van der Waals surface area contributed by atoms with E-state index < -0.39 is 40.1 Å². The molecular weight excluding hydrogens is 527 g/mol. The molecule has 0 saturated carbocycles. The van der Waals surface area contributed by atoms with E-state index in [9.17, 15) is 24.0 Å². The summed E-state index contributed by atoms with van der Waals surface area (Å²) in [7, 11) is 1.19. The van der Waals surface area contributed by atoms with Crippen LogP contribution in [0.5, 0.6) is 0 Å². The van der Waals surface area contributed by atoms with Gasteiger partial charge in [0.15, 0.2) is 5.13 Å². The van der Waals surface area contributed by atoms with Crippen molar-refractivity contribution in [2.45, 2.75) is 29.5 Å². The molecule has 35 heavy (non-hydrogen) atoms. The van der Waals surface area contributed by atoms with Gasteiger partial charge in [0, 0.05) is 23.8 Å². The van der Waals surface area contributed by atoms with Crippen LogP contribution in [0.3, 0.4) is 0 Å². The molecular formula is C19H21N6NaO6S3. The third-order valence-electron chi connectivity index (χ3n) is 5.19. The van der Waals surface area contributed by atoms with Crippen molar-refractivity contribution in [3.63, 3.8) is 0 Å². The Kier molecular flexibility index (Phi) is 8.86. The van der Waals surface area contributed by atoms with Crippen LogP contribution in [0.1, 0.15) is 11.4 Å². The summed E-state index contributed by atoms with van der Waals surface area (Å²) in [5.74, 6) is -2.70. The number of nitrogen functional groups attached to an aromatic ring is 1. The van der Waals surface area contributed by atoms with Gasteiger partial charge in [0.05, 0.1) is 17.8 Å². The standard InChI is InChI=1S/C19H20N6O6S3.Na.H/c1-9-3-4-13(24-23-9)32-6-10-8-34(30)17-19(31-2,16(29)25(17)14(10)15(27)28)22-12(26)5-11-7-33-18(20)21-11;;/h3-4,7,17H,5-6,8H2,1-2H3,(H2,20,21)(H,22,26)(H,27,28);;/t17-,19+,34?;;/m1../s1. The Hall–Kier alpha value is -1.72. The second-order valence-electron chi connectivity index (χ2n) is 7.45. The minimum atomic E-state index is -1.94. The fourth-order valence-electron chi connectivity index (χ4n) is 3.68. The van der Waals surface area contributed by atoms with E-state index in [0.717, 1.165) is 10.6 Å². The fraction of sp³-hybridized carbons (Fsp3) is 0.368. The molecule has 1 unspecified atom stereocenters. The number of aromatic nitrogens is 3. The predicted molar refractivity (Wildman–Crippen MR) is 131 cm³/mol. The van der Waals surface area contributed by atoms with Gasteiger partial charge < -0.3 is 25.4 Å². The number of ether oxygens (including phenoxy) is 1. The van der Waals surface area contributed by atoms with Gasteiger partial charge in [0.25, 0.3) is 17.0 Å². The number of carbonyl (C=O) groups is 3. The molecule has 182 valence electrons. The van der Waals surface area contributed by atoms with E-state index in [-0.39, 0.29) is 53.2 Å². The molecule has 2 aliphatic rings. The summed E-state index contributed by atoms with van der Waals surface area (Å²) in [6, 6.07) is 3.51. The first kappa shape index (κ1) is 27.9. The van der Waals surface area contributed by atoms with Crippen LogP contribution in [0.2, 0.25) is 0 Å². The number of thioether (sulfide) groups is 1. The summed E-state index contributed by atoms with van der Waals surface area (Å²) in [4.78, 5) is 42.8. The van der Waals surface area contributed by atoms with Gasteiger partial charge in [-0.05, 0) is 30.2 Å². The Morgan fingerprint density at radius 2 is 2.20 bits per heavy atom. The van der Waals surface area contributed by atoms with Crippen LogP contribution in [0.4, 0.5) is 5.13 Å². The van der Waals surface area contributed by atoms with Crippen LogP contribution in [0, 0.1) is 6.92 Å². The van der Waals surface area contributed by atoms with Crippen LogP contribution in [0.15, 0.2) is 33.8 Å². The van der Waals surface area contributed by atoms with Crippen molar-refractivity contribution >= 4 is 86.7 Å². The molecule has 0 aliphatic carbocycles. The van der Waals surface area contributed by atoms with Gasteiger partial charge in [-0.3, -0.25) is 9.59 Å². The molecule has 16 heteroatoms. The summed E-state index contributed by atoms with van der Waals surface area (Å²) >= 11 is 0.644. The first-order valence-corrected chi connectivity index (χ1v) is 13.1. The van der Waals surface area contributed by atoms with Gasteiger partial charge in [-0.1, -0.05) is 11.8 Å². The number of carboxylic acid groups (broad SMARTS) is 1. The number of carboxylic acids is 1. The summed E-state index contributed by atoms with van der Waals surface area (Å²) in [6.45, 7) is 1.79. The molecule has 2 amide bonds. The third kappa shape index (κ3) is 5.36. The average molecular weight is 549 g/mol. The summed E-state index contributed by atoms with van der Waals surface area (Å²) < 4.78 is 18.5. The first-order valence-electron chi connectivity index (χ1n) is 9.81. The predicted octanol–water partition coefficient (Wildman–Crippen LogP) is -0.762. The number of amides is 2. The summed E-state index contributed by atoms with van der Waals surface area (Å²) in [6.07, 6.45) is -0.174. The van der Waals surface area contributed by atoms with Crippen LogP contribution in [-0.4, -0.2) is 107 Å². The number of hydrogen-bond donors (Lipinski definition) is 3. The normalized spacial score (nSPS) is 23.3. The van der Waals surface area contributed by atoms with E-state index in [0.29, 0.717) is 21.4 Å². The van der Waals surface area contributed by atoms with E-state index in [1.807, 2.05) is 0 Å². The molecule has 2 aromatic rings. The Morgan fingerprint density at radius 3 is 2.77 bits per heavy atom. The summed E-state index contributed by atoms with van der Waals surface area (Å²) in [5.41, 5.74) is 4.83. The molecule has 4 heterocycles. The third-order valence-corrected chi connectivity index (χ3v) is 8.59. The number of thiazole rings is 1. The monoisotopic (exact) mass is 548 g/mol. The number of rotatable bonds is 8. The Bertz CT molecular complexity index is 1180. The first-order chi connectivity index (χ1) is 16.2. The number of β-lactam (4-membered cyclic amide) rings is 1. The van der Waals surface area contributed by atoms with Crippen molar-refractivity contribution in [3.05, 3.63) is 40.2 Å². The van der Waals surface area contributed by atoms with Crippen molar-refractivity contribution in [2.75, 3.05) is 24.3 Å². The molecule has 1 saturated heterocycles. The number of aryl methyl sites for hydroxylation is 1. The molecule has 4 N–H and O–H groups in total. The number of hydrogen-bond acceptors (Lipinski definition) is 11. The quantitative estimate of drug-likeness (QED) is 0.124. The average Bonchev–Trinajstić information content (AvgIpc) is 3.20. The van der Waals surface area contributed by atoms with Crippen LogP contribution < -0.4 is 11.1 Å². The molecule has 2 aromatic heterocycles. The number of nitrogens with zero attached hydrogens (tertiary/aromatic N) is 4. The Balaban J connectivity index is 0.00000342. The maximum absolute atomic E-state index is 13.2. The van der Waals surface area contributed by atoms with E-state index in [1.54, 1.807) is 24.4 Å². The number of nitrogens with one attached hydrogen (secondary N) is 1. The van der Waals surface area contributed by atoms with Gasteiger partial charge in [-0.25, -0.2) is 14.7 Å². The second kappa shape index (κ2) is 11.1. The van der Waals surface area contributed by atoms with Gasteiger partial charge in [0.1, 0.15) is 16.5 Å². The van der Waals surface area contributed by atoms with Crippen molar-refractivity contribution in [1.82, 2.24) is 25.4 Å². The van der Waals surface area contributed by atoms with E-state index in [1.165, 1.54) is 30.2 Å². The molecule has 0 radical (unpaired) electrons. The van der Waals surface area contributed by atoms with Gasteiger partial charge in [0.2, 0.25) is 5.91 Å². The number of anilines is 1. The second-order valence-corrected chi connectivity index (χ2v) is 10.8. The molecule has 1 fully saturated rings.